The van der Waals surface area contributed by atoms with Crippen molar-refractivity contribution in [3.05, 3.63) is 29.5 Å². The topological polar surface area (TPSA) is 108 Å². The van der Waals surface area contributed by atoms with Crippen LogP contribution in [-0.2, 0) is 4.74 Å². The molecule has 1 unspecified atom stereocenters. The van der Waals surface area contributed by atoms with E-state index >= 15 is 0 Å². The molecule has 4 rings (SSSR count). The third-order valence-electron chi connectivity index (χ3n) is 6.47. The Labute approximate surface area is 200 Å². The smallest absolute Gasteiger partial charge is 0.223 e. The standard InChI is InChI=1S/C24H32ClN7O/c1-16(13-33-2)30-17-3-5-18(6-4-17)31-23-28-12-20(25)22(32-23)21-11-19(7-10-27-21)29-15-24(14-26)8-9-24/h7,10-12,16-18,30H,3-6,8-9,13,15H2,1-2H3,(H,27,29)(H,28,31,32). The van der Waals surface area contributed by atoms with Gasteiger partial charge in [0.05, 0.1) is 35.0 Å². The zero-order valence-electron chi connectivity index (χ0n) is 19.3. The molecular formula is C24H32ClN7O. The first-order chi connectivity index (χ1) is 16.0. The van der Waals surface area contributed by atoms with Gasteiger partial charge in [-0.1, -0.05) is 11.6 Å². The number of hydrogen-bond acceptors (Lipinski definition) is 8. The summed E-state index contributed by atoms with van der Waals surface area (Å²) in [5.41, 5.74) is 1.96. The Hall–Kier alpha value is -2.47. The maximum Gasteiger partial charge on any atom is 0.223 e. The molecule has 8 nitrogen and oxygen atoms in total. The molecule has 2 aromatic heterocycles. The minimum Gasteiger partial charge on any atom is -0.383 e. The van der Waals surface area contributed by atoms with Crippen molar-refractivity contribution in [3.8, 4) is 17.5 Å². The monoisotopic (exact) mass is 469 g/mol. The highest BCUT2D eigenvalue weighted by Gasteiger charge is 2.42. The molecule has 2 heterocycles. The highest BCUT2D eigenvalue weighted by molar-refractivity contribution is 6.32. The number of aromatic nitrogens is 3. The molecule has 176 valence electrons. The van der Waals surface area contributed by atoms with Crippen molar-refractivity contribution in [2.24, 2.45) is 5.41 Å². The number of anilines is 2. The van der Waals surface area contributed by atoms with Gasteiger partial charge in [-0.3, -0.25) is 4.98 Å². The molecule has 1 atom stereocenters. The van der Waals surface area contributed by atoms with Crippen molar-refractivity contribution in [2.75, 3.05) is 30.9 Å². The fourth-order valence-electron chi connectivity index (χ4n) is 4.32. The minimum absolute atomic E-state index is 0.219. The minimum atomic E-state index is -0.219. The molecule has 2 fully saturated rings. The van der Waals surface area contributed by atoms with E-state index in [-0.39, 0.29) is 5.41 Å². The summed E-state index contributed by atoms with van der Waals surface area (Å²) in [5.74, 6) is 0.570. The van der Waals surface area contributed by atoms with Crippen molar-refractivity contribution < 1.29 is 4.74 Å². The van der Waals surface area contributed by atoms with E-state index in [0.29, 0.717) is 47.0 Å². The van der Waals surface area contributed by atoms with E-state index in [1.807, 2.05) is 12.1 Å². The fraction of sp³-hybridized carbons (Fsp3) is 0.583. The lowest BCUT2D eigenvalue weighted by atomic mass is 9.91. The third-order valence-corrected chi connectivity index (χ3v) is 6.74. The Kier molecular flexibility index (Phi) is 7.63. The average Bonchev–Trinajstić information content (AvgIpc) is 3.61. The van der Waals surface area contributed by atoms with E-state index in [1.54, 1.807) is 19.5 Å². The predicted octanol–water partition coefficient (Wildman–Crippen LogP) is 4.26. The first-order valence-electron chi connectivity index (χ1n) is 11.7. The second-order valence-electron chi connectivity index (χ2n) is 9.28. The molecule has 33 heavy (non-hydrogen) atoms. The van der Waals surface area contributed by atoms with E-state index in [0.717, 1.165) is 50.8 Å². The molecule has 9 heteroatoms. The summed E-state index contributed by atoms with van der Waals surface area (Å²) in [6.07, 6.45) is 9.57. The van der Waals surface area contributed by atoms with Gasteiger partial charge in [-0.15, -0.1) is 0 Å². The van der Waals surface area contributed by atoms with Gasteiger partial charge >= 0.3 is 0 Å². The number of methoxy groups -OCH3 is 1. The van der Waals surface area contributed by atoms with E-state index < -0.39 is 0 Å². The van der Waals surface area contributed by atoms with Crippen molar-refractivity contribution >= 4 is 23.2 Å². The van der Waals surface area contributed by atoms with Crippen molar-refractivity contribution in [3.63, 3.8) is 0 Å². The number of rotatable bonds is 10. The molecule has 0 spiro atoms. The van der Waals surface area contributed by atoms with Crippen LogP contribution < -0.4 is 16.0 Å². The predicted molar refractivity (Wildman–Crippen MR) is 130 cm³/mol. The van der Waals surface area contributed by atoms with Gasteiger partial charge in [0.2, 0.25) is 5.95 Å². The highest BCUT2D eigenvalue weighted by atomic mass is 35.5. The Morgan fingerprint density at radius 3 is 2.70 bits per heavy atom. The molecule has 0 amide bonds. The largest absolute Gasteiger partial charge is 0.383 e. The quantitative estimate of drug-likeness (QED) is 0.473. The van der Waals surface area contributed by atoms with Gasteiger partial charge in [0.25, 0.3) is 0 Å². The molecule has 2 aromatic rings. The maximum atomic E-state index is 9.29. The van der Waals surface area contributed by atoms with E-state index in [4.69, 9.17) is 16.3 Å². The molecular weight excluding hydrogens is 438 g/mol. The fourth-order valence-corrected chi connectivity index (χ4v) is 4.51. The summed E-state index contributed by atoms with van der Waals surface area (Å²) in [6.45, 7) is 3.52. The maximum absolute atomic E-state index is 9.29. The van der Waals surface area contributed by atoms with Crippen LogP contribution in [-0.4, -0.2) is 53.3 Å². The number of ether oxygens (including phenoxy) is 1. The summed E-state index contributed by atoms with van der Waals surface area (Å²) in [5, 5.41) is 20.2. The van der Waals surface area contributed by atoms with Gasteiger partial charge in [0.1, 0.15) is 5.69 Å². The SMILES string of the molecule is COCC(C)NC1CCC(Nc2ncc(Cl)c(-c3cc(NCC4(C#N)CC4)ccn3)n2)CC1. The number of nitrogens with zero attached hydrogens (tertiary/aromatic N) is 4. The first-order valence-corrected chi connectivity index (χ1v) is 12.0. The summed E-state index contributed by atoms with van der Waals surface area (Å²) in [7, 11) is 1.74. The molecule has 0 aliphatic heterocycles. The van der Waals surface area contributed by atoms with Crippen LogP contribution in [0.25, 0.3) is 11.4 Å². The second kappa shape index (κ2) is 10.6. The van der Waals surface area contributed by atoms with Gasteiger partial charge in [-0.2, -0.15) is 5.26 Å². The Bertz CT molecular complexity index is 983. The lowest BCUT2D eigenvalue weighted by molar-refractivity contribution is 0.161. The van der Waals surface area contributed by atoms with Crippen LogP contribution in [0.5, 0.6) is 0 Å². The molecule has 0 bridgehead atoms. The Morgan fingerprint density at radius 1 is 1.24 bits per heavy atom. The van der Waals surface area contributed by atoms with Crippen LogP contribution in [0.3, 0.4) is 0 Å². The van der Waals surface area contributed by atoms with Crippen LogP contribution in [0.1, 0.15) is 45.4 Å². The van der Waals surface area contributed by atoms with Crippen LogP contribution in [0, 0.1) is 16.7 Å². The zero-order chi connectivity index (χ0) is 23.3. The van der Waals surface area contributed by atoms with E-state index in [9.17, 15) is 5.26 Å². The number of halogens is 1. The van der Waals surface area contributed by atoms with Gasteiger partial charge in [-0.25, -0.2) is 9.97 Å². The molecule has 0 saturated heterocycles. The number of nitrogens with one attached hydrogen (secondary N) is 3. The van der Waals surface area contributed by atoms with Crippen molar-refractivity contribution in [1.82, 2.24) is 20.3 Å². The Balaban J connectivity index is 1.37. The molecule has 0 radical (unpaired) electrons. The van der Waals surface area contributed by atoms with E-state index in [2.05, 4.69) is 43.9 Å². The summed E-state index contributed by atoms with van der Waals surface area (Å²) in [4.78, 5) is 13.5. The van der Waals surface area contributed by atoms with Crippen LogP contribution in [0.15, 0.2) is 24.5 Å². The van der Waals surface area contributed by atoms with Crippen LogP contribution in [0.4, 0.5) is 11.6 Å². The number of pyridine rings is 1. The number of hydrogen-bond donors (Lipinski definition) is 3. The summed E-state index contributed by atoms with van der Waals surface area (Å²) in [6, 6.07) is 7.43. The van der Waals surface area contributed by atoms with E-state index in [1.165, 1.54) is 0 Å². The van der Waals surface area contributed by atoms with Gasteiger partial charge in [0, 0.05) is 43.7 Å². The average molecular weight is 470 g/mol. The second-order valence-corrected chi connectivity index (χ2v) is 9.69. The van der Waals surface area contributed by atoms with Crippen molar-refractivity contribution in [1.29, 1.82) is 5.26 Å². The lowest BCUT2D eigenvalue weighted by Gasteiger charge is -2.31. The van der Waals surface area contributed by atoms with Gasteiger partial charge in [-0.05, 0) is 57.6 Å². The highest BCUT2D eigenvalue weighted by Crippen LogP contribution is 2.44. The van der Waals surface area contributed by atoms with Gasteiger partial charge in [0.15, 0.2) is 0 Å². The third kappa shape index (κ3) is 6.32. The van der Waals surface area contributed by atoms with Gasteiger partial charge < -0.3 is 20.7 Å². The normalized spacial score (nSPS) is 22.2. The molecule has 0 aromatic carbocycles. The lowest BCUT2D eigenvalue weighted by Crippen LogP contribution is -2.43. The van der Waals surface area contributed by atoms with Crippen LogP contribution >= 0.6 is 11.6 Å². The Morgan fingerprint density at radius 2 is 2.00 bits per heavy atom. The summed E-state index contributed by atoms with van der Waals surface area (Å²) < 4.78 is 5.22. The molecule has 2 saturated carbocycles. The molecule has 2 aliphatic carbocycles. The number of nitriles is 1. The molecule has 2 aliphatic rings. The first kappa shape index (κ1) is 23.7. The zero-order valence-corrected chi connectivity index (χ0v) is 20.0. The van der Waals surface area contributed by atoms with Crippen LogP contribution in [0.2, 0.25) is 5.02 Å². The summed E-state index contributed by atoms with van der Waals surface area (Å²) >= 11 is 6.43. The molecule has 3 N–H and O–H groups in total. The van der Waals surface area contributed by atoms with Crippen molar-refractivity contribution in [2.45, 2.75) is 63.6 Å².